The van der Waals surface area contributed by atoms with E-state index in [9.17, 15) is 4.79 Å². The molecule has 1 aliphatic rings. The lowest BCUT2D eigenvalue weighted by molar-refractivity contribution is -0.155. The van der Waals surface area contributed by atoms with Gasteiger partial charge >= 0.3 is 5.97 Å². The molecule has 5 heteroatoms. The first-order chi connectivity index (χ1) is 9.83. The first-order valence-electron chi connectivity index (χ1n) is 7.12. The van der Waals surface area contributed by atoms with Crippen molar-refractivity contribution in [2.75, 3.05) is 20.4 Å². The second kappa shape index (κ2) is 6.35. The standard InChI is InChI=1S/C16H23NO4/c1-16(2,3)21-15(18)7-8-17(4)10-12-5-6-13-14(9-12)20-11-19-13/h5-6,9H,7-8,10-11H2,1-4H3. The third kappa shape index (κ3) is 4.93. The number of hydrogen-bond donors (Lipinski definition) is 0. The summed E-state index contributed by atoms with van der Waals surface area (Å²) in [7, 11) is 1.98. The number of carbonyl (C=O) groups is 1. The van der Waals surface area contributed by atoms with Crippen molar-refractivity contribution in [1.29, 1.82) is 0 Å². The minimum Gasteiger partial charge on any atom is -0.460 e. The van der Waals surface area contributed by atoms with Gasteiger partial charge in [-0.1, -0.05) is 6.07 Å². The number of nitrogens with zero attached hydrogens (tertiary/aromatic N) is 1. The van der Waals surface area contributed by atoms with E-state index in [2.05, 4.69) is 4.90 Å². The maximum atomic E-state index is 11.7. The van der Waals surface area contributed by atoms with Crippen molar-refractivity contribution in [2.45, 2.75) is 39.3 Å². The maximum absolute atomic E-state index is 11.7. The Hall–Kier alpha value is -1.75. The molecule has 0 saturated heterocycles. The van der Waals surface area contributed by atoms with Crippen LogP contribution in [0.5, 0.6) is 11.5 Å². The Bertz CT molecular complexity index is 507. The zero-order valence-corrected chi connectivity index (χ0v) is 13.1. The molecule has 0 bridgehead atoms. The summed E-state index contributed by atoms with van der Waals surface area (Å²) in [5.41, 5.74) is 0.707. The van der Waals surface area contributed by atoms with Gasteiger partial charge in [-0.25, -0.2) is 0 Å². The van der Waals surface area contributed by atoms with E-state index in [0.717, 1.165) is 23.6 Å². The van der Waals surface area contributed by atoms with Gasteiger partial charge in [-0.05, 0) is 45.5 Å². The third-order valence-electron chi connectivity index (χ3n) is 3.01. The van der Waals surface area contributed by atoms with Gasteiger partial charge in [0.1, 0.15) is 5.60 Å². The van der Waals surface area contributed by atoms with Crippen molar-refractivity contribution in [3.8, 4) is 11.5 Å². The van der Waals surface area contributed by atoms with Gasteiger partial charge in [0, 0.05) is 13.1 Å². The van der Waals surface area contributed by atoms with Crippen LogP contribution < -0.4 is 9.47 Å². The van der Waals surface area contributed by atoms with Crippen molar-refractivity contribution in [1.82, 2.24) is 4.90 Å². The predicted molar refractivity (Wildman–Crippen MR) is 79.4 cm³/mol. The minimum atomic E-state index is -0.424. The van der Waals surface area contributed by atoms with E-state index in [4.69, 9.17) is 14.2 Å². The molecule has 0 aromatic heterocycles. The molecular formula is C16H23NO4. The molecule has 0 amide bonds. The average Bonchev–Trinajstić information content (AvgIpc) is 2.81. The Balaban J connectivity index is 1.79. The highest BCUT2D eigenvalue weighted by Gasteiger charge is 2.17. The summed E-state index contributed by atoms with van der Waals surface area (Å²) in [4.78, 5) is 13.8. The number of hydrogen-bond acceptors (Lipinski definition) is 5. The van der Waals surface area contributed by atoms with Gasteiger partial charge in [0.25, 0.3) is 0 Å². The Kier molecular flexibility index (Phi) is 4.73. The highest BCUT2D eigenvalue weighted by atomic mass is 16.7. The van der Waals surface area contributed by atoms with Crippen LogP contribution in [0.3, 0.4) is 0 Å². The van der Waals surface area contributed by atoms with Gasteiger partial charge in [0.2, 0.25) is 6.79 Å². The van der Waals surface area contributed by atoms with E-state index in [1.165, 1.54) is 0 Å². The van der Waals surface area contributed by atoms with Crippen LogP contribution in [0.15, 0.2) is 18.2 Å². The van der Waals surface area contributed by atoms with Crippen LogP contribution in [-0.2, 0) is 16.1 Å². The third-order valence-corrected chi connectivity index (χ3v) is 3.01. The van der Waals surface area contributed by atoms with Crippen molar-refractivity contribution >= 4 is 5.97 Å². The number of fused-ring (bicyclic) bond motifs is 1. The fraction of sp³-hybridized carbons (Fsp3) is 0.562. The van der Waals surface area contributed by atoms with Crippen molar-refractivity contribution in [3.63, 3.8) is 0 Å². The summed E-state index contributed by atoms with van der Waals surface area (Å²) in [6.07, 6.45) is 0.387. The molecular weight excluding hydrogens is 270 g/mol. The quantitative estimate of drug-likeness (QED) is 0.781. The van der Waals surface area contributed by atoms with Crippen LogP contribution in [0.4, 0.5) is 0 Å². The lowest BCUT2D eigenvalue weighted by Gasteiger charge is -2.21. The van der Waals surface area contributed by atoms with Gasteiger partial charge in [-0.15, -0.1) is 0 Å². The molecule has 1 heterocycles. The number of esters is 1. The largest absolute Gasteiger partial charge is 0.460 e. The molecule has 0 unspecified atom stereocenters. The summed E-state index contributed by atoms with van der Waals surface area (Å²) in [6, 6.07) is 5.91. The van der Waals surface area contributed by atoms with E-state index in [0.29, 0.717) is 13.0 Å². The summed E-state index contributed by atoms with van der Waals surface area (Å²) < 4.78 is 15.9. The molecule has 116 valence electrons. The van der Waals surface area contributed by atoms with Crippen LogP contribution in [0.2, 0.25) is 0 Å². The highest BCUT2D eigenvalue weighted by Crippen LogP contribution is 2.32. The van der Waals surface area contributed by atoms with Gasteiger partial charge in [0.15, 0.2) is 11.5 Å². The monoisotopic (exact) mass is 293 g/mol. The second-order valence-corrected chi connectivity index (χ2v) is 6.26. The Labute approximate surface area is 125 Å². The second-order valence-electron chi connectivity index (χ2n) is 6.26. The van der Waals surface area contributed by atoms with E-state index >= 15 is 0 Å². The zero-order chi connectivity index (χ0) is 15.5. The fourth-order valence-corrected chi connectivity index (χ4v) is 2.10. The molecule has 0 fully saturated rings. The number of ether oxygens (including phenoxy) is 3. The highest BCUT2D eigenvalue weighted by molar-refractivity contribution is 5.70. The predicted octanol–water partition coefficient (Wildman–Crippen LogP) is 2.58. The SMILES string of the molecule is CN(CCC(=O)OC(C)(C)C)Cc1ccc2c(c1)OCO2. The van der Waals surface area contributed by atoms with Crippen LogP contribution in [0.25, 0.3) is 0 Å². The first-order valence-corrected chi connectivity index (χ1v) is 7.12. The molecule has 1 aromatic rings. The molecule has 21 heavy (non-hydrogen) atoms. The molecule has 0 aliphatic carbocycles. The fourth-order valence-electron chi connectivity index (χ4n) is 2.10. The van der Waals surface area contributed by atoms with Gasteiger partial charge < -0.3 is 19.1 Å². The van der Waals surface area contributed by atoms with E-state index < -0.39 is 5.60 Å². The number of carbonyl (C=O) groups excluding carboxylic acids is 1. The zero-order valence-electron chi connectivity index (χ0n) is 13.1. The van der Waals surface area contributed by atoms with Crippen LogP contribution in [0.1, 0.15) is 32.8 Å². The van der Waals surface area contributed by atoms with Crippen molar-refractivity contribution < 1.29 is 19.0 Å². The topological polar surface area (TPSA) is 48.0 Å². The van der Waals surface area contributed by atoms with E-state index in [-0.39, 0.29) is 12.8 Å². The Morgan fingerprint density at radius 1 is 1.29 bits per heavy atom. The van der Waals surface area contributed by atoms with Gasteiger partial charge in [0.05, 0.1) is 6.42 Å². The van der Waals surface area contributed by atoms with E-state index in [1.54, 1.807) is 0 Å². The van der Waals surface area contributed by atoms with Crippen LogP contribution >= 0.6 is 0 Å². The molecule has 0 atom stereocenters. The maximum Gasteiger partial charge on any atom is 0.307 e. The molecule has 0 N–H and O–H groups in total. The minimum absolute atomic E-state index is 0.167. The van der Waals surface area contributed by atoms with Crippen LogP contribution in [0, 0.1) is 0 Å². The Morgan fingerprint density at radius 3 is 2.71 bits per heavy atom. The molecule has 5 nitrogen and oxygen atoms in total. The molecule has 0 spiro atoms. The number of rotatable bonds is 5. The lowest BCUT2D eigenvalue weighted by atomic mass is 10.2. The summed E-state index contributed by atoms with van der Waals surface area (Å²) >= 11 is 0. The molecule has 1 aliphatic heterocycles. The lowest BCUT2D eigenvalue weighted by Crippen LogP contribution is -2.27. The van der Waals surface area contributed by atoms with Gasteiger partial charge in [-0.3, -0.25) is 4.79 Å². The molecule has 0 saturated carbocycles. The smallest absolute Gasteiger partial charge is 0.307 e. The Morgan fingerprint density at radius 2 is 2.00 bits per heavy atom. The van der Waals surface area contributed by atoms with Crippen molar-refractivity contribution in [2.24, 2.45) is 0 Å². The normalized spacial score (nSPS) is 13.6. The van der Waals surface area contributed by atoms with Gasteiger partial charge in [-0.2, -0.15) is 0 Å². The average molecular weight is 293 g/mol. The summed E-state index contributed by atoms with van der Waals surface area (Å²) in [5, 5.41) is 0. The van der Waals surface area contributed by atoms with Crippen molar-refractivity contribution in [3.05, 3.63) is 23.8 Å². The van der Waals surface area contributed by atoms with Crippen LogP contribution in [-0.4, -0.2) is 36.9 Å². The molecule has 2 rings (SSSR count). The first kappa shape index (κ1) is 15.6. The number of benzene rings is 1. The molecule has 0 radical (unpaired) electrons. The summed E-state index contributed by atoms with van der Waals surface area (Å²) in [5.74, 6) is 1.41. The van der Waals surface area contributed by atoms with E-state index in [1.807, 2.05) is 46.0 Å². The molecule has 1 aromatic carbocycles. The summed E-state index contributed by atoms with van der Waals surface area (Å²) in [6.45, 7) is 7.32.